The summed E-state index contributed by atoms with van der Waals surface area (Å²) in [5, 5.41) is 8.55. The Bertz CT molecular complexity index is 1390. The second-order valence-corrected chi connectivity index (χ2v) is 7.76. The molecule has 0 aromatic heterocycles. The third-order valence-corrected chi connectivity index (χ3v) is 5.34. The molecule has 0 aliphatic carbocycles. The average molecular weight is 499 g/mol. The van der Waals surface area contributed by atoms with Gasteiger partial charge < -0.3 is 10.1 Å². The minimum atomic E-state index is -1.44. The molecule has 37 heavy (non-hydrogen) atoms. The van der Waals surface area contributed by atoms with Crippen LogP contribution in [0.15, 0.2) is 84.0 Å². The number of ether oxygens (including phenoxy) is 1. The minimum absolute atomic E-state index is 0.205. The number of nitrogens with one attached hydrogen (secondary N) is 3. The number of hydrazone groups is 1. The fraction of sp³-hybridized carbons (Fsp3) is 0.0769. The molecular weight excluding hydrogens is 478 g/mol. The van der Waals surface area contributed by atoms with Gasteiger partial charge in [0.25, 0.3) is 17.7 Å². The molecule has 1 heterocycles. The number of anilines is 2. The number of urea groups is 1. The van der Waals surface area contributed by atoms with Crippen LogP contribution in [0.4, 0.5) is 16.2 Å². The Hall–Kier alpha value is -5.32. The maximum Gasteiger partial charge on any atom is 0.335 e. The van der Waals surface area contributed by atoms with E-state index in [1.807, 2.05) is 0 Å². The molecule has 1 fully saturated rings. The molecule has 3 aromatic carbocycles. The molecule has 6 amide bonds. The van der Waals surface area contributed by atoms with Crippen molar-refractivity contribution in [2.75, 3.05) is 17.3 Å². The molecule has 0 unspecified atom stereocenters. The first kappa shape index (κ1) is 24.8. The van der Waals surface area contributed by atoms with Crippen LogP contribution in [0, 0.1) is 5.92 Å². The predicted octanol–water partition coefficient (Wildman–Crippen LogP) is 2.56. The first-order valence-electron chi connectivity index (χ1n) is 11.0. The Kier molecular flexibility index (Phi) is 7.34. The monoisotopic (exact) mass is 499 g/mol. The lowest BCUT2D eigenvalue weighted by Crippen LogP contribution is -2.58. The van der Waals surface area contributed by atoms with E-state index in [9.17, 15) is 24.0 Å². The second kappa shape index (κ2) is 11.0. The molecule has 0 saturated carbocycles. The summed E-state index contributed by atoms with van der Waals surface area (Å²) < 4.78 is 5.11. The number of carbonyl (C=O) groups excluding carboxylic acids is 5. The van der Waals surface area contributed by atoms with E-state index in [1.165, 1.54) is 31.4 Å². The standard InChI is InChI=1S/C26H21N5O6/c1-37-20-9-5-8-19(14-20)31-25(35)21(24(34)29-26(31)36)15-27-30-23(33)17-10-12-18(13-11-17)28-22(32)16-6-3-2-4-7-16/h2-15,21H,1H3,(H,28,32)(H,30,33)(H,29,34,36)/b27-15-/t21-/m0/s1. The van der Waals surface area contributed by atoms with E-state index < -0.39 is 29.7 Å². The summed E-state index contributed by atoms with van der Waals surface area (Å²) in [6.07, 6.45) is 0.948. The minimum Gasteiger partial charge on any atom is -0.497 e. The van der Waals surface area contributed by atoms with E-state index in [-0.39, 0.29) is 17.2 Å². The van der Waals surface area contributed by atoms with Crippen molar-refractivity contribution < 1.29 is 28.7 Å². The maximum absolute atomic E-state index is 12.9. The molecule has 0 bridgehead atoms. The van der Waals surface area contributed by atoms with Crippen LogP contribution in [-0.4, -0.2) is 43.0 Å². The van der Waals surface area contributed by atoms with Crippen LogP contribution in [0.2, 0.25) is 0 Å². The van der Waals surface area contributed by atoms with Crippen molar-refractivity contribution in [1.29, 1.82) is 0 Å². The number of methoxy groups -OCH3 is 1. The van der Waals surface area contributed by atoms with Crippen molar-refractivity contribution in [1.82, 2.24) is 10.7 Å². The lowest BCUT2D eigenvalue weighted by molar-refractivity contribution is -0.131. The quantitative estimate of drug-likeness (QED) is 0.259. The number of rotatable bonds is 7. The van der Waals surface area contributed by atoms with Crippen molar-refractivity contribution in [3.05, 3.63) is 90.0 Å². The Morgan fingerprint density at radius 3 is 2.32 bits per heavy atom. The van der Waals surface area contributed by atoms with E-state index in [4.69, 9.17) is 4.74 Å². The Morgan fingerprint density at radius 2 is 1.62 bits per heavy atom. The molecule has 1 atom stereocenters. The largest absolute Gasteiger partial charge is 0.497 e. The number of barbiturate groups is 1. The van der Waals surface area contributed by atoms with Gasteiger partial charge in [-0.15, -0.1) is 0 Å². The van der Waals surface area contributed by atoms with Crippen molar-refractivity contribution in [2.45, 2.75) is 0 Å². The third-order valence-electron chi connectivity index (χ3n) is 5.34. The fourth-order valence-electron chi connectivity index (χ4n) is 3.45. The summed E-state index contributed by atoms with van der Waals surface area (Å²) in [4.78, 5) is 62.9. The lowest BCUT2D eigenvalue weighted by Gasteiger charge is -2.28. The first-order valence-corrected chi connectivity index (χ1v) is 11.0. The van der Waals surface area contributed by atoms with Gasteiger partial charge in [-0.1, -0.05) is 24.3 Å². The number of hydrogen-bond donors (Lipinski definition) is 3. The zero-order chi connectivity index (χ0) is 26.4. The molecule has 186 valence electrons. The molecule has 4 rings (SSSR count). The van der Waals surface area contributed by atoms with Gasteiger partial charge in [0.05, 0.1) is 12.8 Å². The topological polar surface area (TPSA) is 146 Å². The summed E-state index contributed by atoms with van der Waals surface area (Å²) in [5.74, 6) is -3.64. The SMILES string of the molecule is COc1cccc(N2C(=O)NC(=O)[C@H](/C=N\NC(=O)c3ccc(NC(=O)c4ccccc4)cc3)C2=O)c1. The summed E-state index contributed by atoms with van der Waals surface area (Å²) in [5.41, 5.74) is 3.65. The zero-order valence-electron chi connectivity index (χ0n) is 19.5. The van der Waals surface area contributed by atoms with Gasteiger partial charge in [-0.25, -0.2) is 15.1 Å². The Morgan fingerprint density at radius 1 is 0.919 bits per heavy atom. The summed E-state index contributed by atoms with van der Waals surface area (Å²) >= 11 is 0. The fourth-order valence-corrected chi connectivity index (χ4v) is 3.45. The predicted molar refractivity (Wildman–Crippen MR) is 134 cm³/mol. The molecule has 0 radical (unpaired) electrons. The number of nitrogens with zero attached hydrogens (tertiary/aromatic N) is 2. The number of carbonyl (C=O) groups is 5. The van der Waals surface area contributed by atoms with Crippen LogP contribution in [0.1, 0.15) is 20.7 Å². The molecule has 11 heteroatoms. The lowest BCUT2D eigenvalue weighted by atomic mass is 10.1. The van der Waals surface area contributed by atoms with Crippen LogP contribution in [0.5, 0.6) is 5.75 Å². The zero-order valence-corrected chi connectivity index (χ0v) is 19.5. The van der Waals surface area contributed by atoms with Crippen LogP contribution < -0.4 is 25.7 Å². The summed E-state index contributed by atoms with van der Waals surface area (Å²) in [7, 11) is 1.44. The van der Waals surface area contributed by atoms with Crippen LogP contribution in [-0.2, 0) is 9.59 Å². The number of benzene rings is 3. The molecule has 11 nitrogen and oxygen atoms in total. The van der Waals surface area contributed by atoms with Crippen LogP contribution in [0.3, 0.4) is 0 Å². The van der Waals surface area contributed by atoms with Gasteiger partial charge in [0.2, 0.25) is 5.91 Å². The van der Waals surface area contributed by atoms with Gasteiger partial charge in [-0.2, -0.15) is 5.10 Å². The number of hydrogen-bond acceptors (Lipinski definition) is 7. The van der Waals surface area contributed by atoms with E-state index in [2.05, 4.69) is 21.2 Å². The van der Waals surface area contributed by atoms with Crippen LogP contribution in [0.25, 0.3) is 0 Å². The van der Waals surface area contributed by atoms with Crippen molar-refractivity contribution >= 4 is 47.2 Å². The van der Waals surface area contributed by atoms with Crippen molar-refractivity contribution in [2.24, 2.45) is 11.0 Å². The summed E-state index contributed by atoms with van der Waals surface area (Å²) in [6.45, 7) is 0. The third kappa shape index (κ3) is 5.68. The van der Waals surface area contributed by atoms with E-state index in [0.717, 1.165) is 11.1 Å². The molecule has 1 aliphatic rings. The van der Waals surface area contributed by atoms with E-state index in [0.29, 0.717) is 17.0 Å². The highest BCUT2D eigenvalue weighted by Crippen LogP contribution is 2.24. The van der Waals surface area contributed by atoms with Crippen LogP contribution >= 0.6 is 0 Å². The molecule has 1 saturated heterocycles. The second-order valence-electron chi connectivity index (χ2n) is 7.76. The summed E-state index contributed by atoms with van der Waals surface area (Å²) in [6, 6.07) is 20.0. The van der Waals surface area contributed by atoms with Gasteiger partial charge in [-0.3, -0.25) is 24.5 Å². The highest BCUT2D eigenvalue weighted by Gasteiger charge is 2.40. The number of amides is 6. The highest BCUT2D eigenvalue weighted by atomic mass is 16.5. The smallest absolute Gasteiger partial charge is 0.335 e. The van der Waals surface area contributed by atoms with E-state index >= 15 is 0 Å². The van der Waals surface area contributed by atoms with E-state index in [1.54, 1.807) is 54.6 Å². The highest BCUT2D eigenvalue weighted by molar-refractivity contribution is 6.32. The first-order chi connectivity index (χ1) is 17.9. The molecule has 0 spiro atoms. The van der Waals surface area contributed by atoms with Gasteiger partial charge in [0, 0.05) is 29.1 Å². The van der Waals surface area contributed by atoms with Gasteiger partial charge in [0.15, 0.2) is 5.92 Å². The molecule has 3 N–H and O–H groups in total. The van der Waals surface area contributed by atoms with Gasteiger partial charge >= 0.3 is 6.03 Å². The average Bonchev–Trinajstić information content (AvgIpc) is 2.91. The molecular formula is C26H21N5O6. The normalized spacial score (nSPS) is 15.3. The maximum atomic E-state index is 12.9. The molecule has 3 aromatic rings. The number of imide groups is 2. The Labute approximate surface area is 211 Å². The van der Waals surface area contributed by atoms with Gasteiger partial charge in [0.1, 0.15) is 5.75 Å². The Balaban J connectivity index is 1.39. The van der Waals surface area contributed by atoms with Gasteiger partial charge in [-0.05, 0) is 48.5 Å². The molecule has 1 aliphatic heterocycles. The van der Waals surface area contributed by atoms with Crippen molar-refractivity contribution in [3.8, 4) is 5.75 Å². The van der Waals surface area contributed by atoms with Crippen molar-refractivity contribution in [3.63, 3.8) is 0 Å².